The summed E-state index contributed by atoms with van der Waals surface area (Å²) < 4.78 is 5.42. The monoisotopic (exact) mass is 370 g/mol. The topological polar surface area (TPSA) is 71.3 Å². The van der Waals surface area contributed by atoms with E-state index in [-0.39, 0.29) is 17.4 Å². The molecule has 0 saturated carbocycles. The Morgan fingerprint density at radius 1 is 1.26 bits per heavy atom. The molecule has 1 aliphatic heterocycles. The van der Waals surface area contributed by atoms with Crippen molar-refractivity contribution in [2.24, 2.45) is 5.92 Å². The van der Waals surface area contributed by atoms with E-state index in [1.54, 1.807) is 0 Å². The van der Waals surface area contributed by atoms with E-state index in [2.05, 4.69) is 48.1 Å². The first kappa shape index (κ1) is 19.5. The van der Waals surface area contributed by atoms with Crippen LogP contribution in [-0.4, -0.2) is 39.6 Å². The molecule has 3 rings (SSSR count). The third-order valence-corrected chi connectivity index (χ3v) is 5.44. The number of nitrogens with one attached hydrogen (secondary N) is 1. The Morgan fingerprint density at radius 3 is 2.56 bits per heavy atom. The fourth-order valence-corrected chi connectivity index (χ4v) is 3.21. The van der Waals surface area contributed by atoms with Crippen molar-refractivity contribution in [3.63, 3.8) is 0 Å². The molecule has 6 heteroatoms. The molecule has 1 aliphatic rings. The number of aromatic nitrogens is 2. The molecule has 0 radical (unpaired) electrons. The van der Waals surface area contributed by atoms with Gasteiger partial charge >= 0.3 is 0 Å². The van der Waals surface area contributed by atoms with Gasteiger partial charge in [-0.25, -0.2) is 0 Å². The number of amides is 1. The van der Waals surface area contributed by atoms with Crippen LogP contribution in [0.1, 0.15) is 51.5 Å². The molecule has 1 amide bonds. The number of nitrogens with zero attached hydrogens (tertiary/aromatic N) is 3. The summed E-state index contributed by atoms with van der Waals surface area (Å²) in [7, 11) is 0. The summed E-state index contributed by atoms with van der Waals surface area (Å²) in [6.45, 7) is 10.7. The van der Waals surface area contributed by atoms with Crippen molar-refractivity contribution in [2.75, 3.05) is 13.1 Å². The minimum atomic E-state index is -0.135. The van der Waals surface area contributed by atoms with Gasteiger partial charge in [-0.1, -0.05) is 41.9 Å². The quantitative estimate of drug-likeness (QED) is 0.842. The Kier molecular flexibility index (Phi) is 5.95. The standard InChI is InChI=1S/C21H30N4O2/c1-5-21(3,4)23-20(26)17-10-12-25(13-11-17)14-18-22-19(24-27-18)16-8-6-15(2)7-9-16/h6-9,17H,5,10-14H2,1-4H3,(H,23,26). The zero-order valence-electron chi connectivity index (χ0n) is 16.8. The lowest BCUT2D eigenvalue weighted by Gasteiger charge is -2.33. The number of aryl methyl sites for hydroxylation is 1. The molecule has 1 aromatic heterocycles. The van der Waals surface area contributed by atoms with Gasteiger partial charge in [0, 0.05) is 17.0 Å². The minimum absolute atomic E-state index is 0.0953. The van der Waals surface area contributed by atoms with Crippen LogP contribution in [0.4, 0.5) is 0 Å². The number of carbonyl (C=O) groups is 1. The van der Waals surface area contributed by atoms with Crippen molar-refractivity contribution < 1.29 is 9.32 Å². The van der Waals surface area contributed by atoms with Gasteiger partial charge in [0.2, 0.25) is 17.6 Å². The molecule has 2 aromatic rings. The van der Waals surface area contributed by atoms with Crippen molar-refractivity contribution in [1.29, 1.82) is 0 Å². The minimum Gasteiger partial charge on any atom is -0.351 e. The van der Waals surface area contributed by atoms with Crippen LogP contribution < -0.4 is 5.32 Å². The Balaban J connectivity index is 1.51. The van der Waals surface area contributed by atoms with Crippen molar-refractivity contribution >= 4 is 5.91 Å². The van der Waals surface area contributed by atoms with E-state index in [0.717, 1.165) is 37.9 Å². The molecule has 1 N–H and O–H groups in total. The van der Waals surface area contributed by atoms with Crippen LogP contribution in [0.5, 0.6) is 0 Å². The number of rotatable bonds is 6. The number of carbonyl (C=O) groups excluding carboxylic acids is 1. The molecule has 0 unspecified atom stereocenters. The highest BCUT2D eigenvalue weighted by atomic mass is 16.5. The molecule has 146 valence electrons. The average Bonchev–Trinajstić information content (AvgIpc) is 3.11. The predicted molar refractivity (Wildman–Crippen MR) is 105 cm³/mol. The highest BCUT2D eigenvalue weighted by Gasteiger charge is 2.28. The predicted octanol–water partition coefficient (Wildman–Crippen LogP) is 3.56. The number of hydrogen-bond donors (Lipinski definition) is 1. The van der Waals surface area contributed by atoms with Gasteiger partial charge in [-0.15, -0.1) is 0 Å². The second-order valence-corrected chi connectivity index (χ2v) is 8.15. The molecular weight excluding hydrogens is 340 g/mol. The smallest absolute Gasteiger partial charge is 0.241 e. The second kappa shape index (κ2) is 8.21. The largest absolute Gasteiger partial charge is 0.351 e. The third kappa shape index (κ3) is 5.16. The van der Waals surface area contributed by atoms with E-state index in [4.69, 9.17) is 4.52 Å². The lowest BCUT2D eigenvalue weighted by molar-refractivity contribution is -0.128. The van der Waals surface area contributed by atoms with Gasteiger partial charge in [0.05, 0.1) is 6.54 Å². The number of piperidine rings is 1. The van der Waals surface area contributed by atoms with Crippen LogP contribution in [0.3, 0.4) is 0 Å². The van der Waals surface area contributed by atoms with Gasteiger partial charge < -0.3 is 9.84 Å². The highest BCUT2D eigenvalue weighted by Crippen LogP contribution is 2.22. The van der Waals surface area contributed by atoms with Crippen molar-refractivity contribution in [2.45, 2.75) is 59.0 Å². The number of hydrogen-bond acceptors (Lipinski definition) is 5. The van der Waals surface area contributed by atoms with Crippen LogP contribution in [-0.2, 0) is 11.3 Å². The maximum Gasteiger partial charge on any atom is 0.241 e. The summed E-state index contributed by atoms with van der Waals surface area (Å²) in [6, 6.07) is 8.10. The van der Waals surface area contributed by atoms with Gasteiger partial charge in [-0.05, 0) is 53.1 Å². The third-order valence-electron chi connectivity index (χ3n) is 5.44. The molecule has 27 heavy (non-hydrogen) atoms. The van der Waals surface area contributed by atoms with E-state index >= 15 is 0 Å². The summed E-state index contributed by atoms with van der Waals surface area (Å²) in [5.41, 5.74) is 2.03. The lowest BCUT2D eigenvalue weighted by Crippen LogP contribution is -2.48. The van der Waals surface area contributed by atoms with E-state index < -0.39 is 0 Å². The first-order valence-electron chi connectivity index (χ1n) is 9.80. The van der Waals surface area contributed by atoms with Crippen LogP contribution in [0.15, 0.2) is 28.8 Å². The van der Waals surface area contributed by atoms with Crippen LogP contribution in [0.2, 0.25) is 0 Å². The zero-order valence-corrected chi connectivity index (χ0v) is 16.8. The summed E-state index contributed by atoms with van der Waals surface area (Å²) in [6.07, 6.45) is 2.66. The lowest BCUT2D eigenvalue weighted by atomic mass is 9.93. The van der Waals surface area contributed by atoms with Gasteiger partial charge in [-0.3, -0.25) is 9.69 Å². The van der Waals surface area contributed by atoms with Crippen molar-refractivity contribution in [3.05, 3.63) is 35.7 Å². The molecule has 1 saturated heterocycles. The first-order valence-corrected chi connectivity index (χ1v) is 9.80. The fourth-order valence-electron chi connectivity index (χ4n) is 3.21. The summed E-state index contributed by atoms with van der Waals surface area (Å²) in [5, 5.41) is 7.26. The van der Waals surface area contributed by atoms with Gasteiger partial charge in [0.25, 0.3) is 0 Å². The molecule has 0 bridgehead atoms. The van der Waals surface area contributed by atoms with Crippen molar-refractivity contribution in [3.8, 4) is 11.4 Å². The Morgan fingerprint density at radius 2 is 1.93 bits per heavy atom. The molecule has 0 atom stereocenters. The van der Waals surface area contributed by atoms with Crippen molar-refractivity contribution in [1.82, 2.24) is 20.4 Å². The molecule has 1 fully saturated rings. The summed E-state index contributed by atoms with van der Waals surface area (Å²) in [4.78, 5) is 19.2. The van der Waals surface area contributed by atoms with Crippen LogP contribution in [0, 0.1) is 12.8 Å². The highest BCUT2D eigenvalue weighted by molar-refractivity contribution is 5.79. The summed E-state index contributed by atoms with van der Waals surface area (Å²) in [5.74, 6) is 1.53. The molecule has 2 heterocycles. The normalized spacial score (nSPS) is 16.4. The average molecular weight is 370 g/mol. The van der Waals surface area contributed by atoms with E-state index in [1.807, 2.05) is 24.3 Å². The number of likely N-dealkylation sites (tertiary alicyclic amines) is 1. The second-order valence-electron chi connectivity index (χ2n) is 8.15. The van der Waals surface area contributed by atoms with E-state index in [1.165, 1.54) is 5.56 Å². The molecule has 0 aliphatic carbocycles. The molecule has 0 spiro atoms. The molecule has 6 nitrogen and oxygen atoms in total. The molecular formula is C21H30N4O2. The Bertz CT molecular complexity index is 759. The maximum atomic E-state index is 12.5. The van der Waals surface area contributed by atoms with E-state index in [9.17, 15) is 4.79 Å². The Hall–Kier alpha value is -2.21. The molecule has 1 aromatic carbocycles. The van der Waals surface area contributed by atoms with Crippen LogP contribution in [0.25, 0.3) is 11.4 Å². The van der Waals surface area contributed by atoms with Crippen LogP contribution >= 0.6 is 0 Å². The van der Waals surface area contributed by atoms with Gasteiger partial charge in [0.1, 0.15) is 0 Å². The fraction of sp³-hybridized carbons (Fsp3) is 0.571. The summed E-state index contributed by atoms with van der Waals surface area (Å²) >= 11 is 0. The Labute approximate surface area is 161 Å². The van der Waals surface area contributed by atoms with Gasteiger partial charge in [-0.2, -0.15) is 4.98 Å². The maximum absolute atomic E-state index is 12.5. The first-order chi connectivity index (χ1) is 12.9. The number of benzene rings is 1. The van der Waals surface area contributed by atoms with E-state index in [0.29, 0.717) is 18.3 Å². The zero-order chi connectivity index (χ0) is 19.4. The van der Waals surface area contributed by atoms with Gasteiger partial charge in [0.15, 0.2) is 0 Å². The SMILES string of the molecule is CCC(C)(C)NC(=O)C1CCN(Cc2nc(-c3ccc(C)cc3)no2)CC1.